The van der Waals surface area contributed by atoms with Crippen molar-refractivity contribution >= 4 is 11.9 Å². The van der Waals surface area contributed by atoms with Gasteiger partial charge in [-0.3, -0.25) is 9.80 Å². The standard InChI is InChI=1S/C33H63N7/c1-13-14-19-40(20-17-15-16-18-26-21-30(3,4)38(11)31(5,6)22-26)29-35-25(2)34-28(37-29)36-27-23-32(7,8)39(12)33(9,10)24-27/h26-27H,13-24H2,1-12H3,(H,34,35,36,37). The van der Waals surface area contributed by atoms with E-state index in [9.17, 15) is 0 Å². The van der Waals surface area contributed by atoms with Gasteiger partial charge in [-0.1, -0.05) is 32.6 Å². The lowest BCUT2D eigenvalue weighted by Gasteiger charge is -2.54. The summed E-state index contributed by atoms with van der Waals surface area (Å²) in [6.07, 6.45) is 12.2. The molecule has 2 aliphatic heterocycles. The Kier molecular flexibility index (Phi) is 10.6. The van der Waals surface area contributed by atoms with Crippen molar-refractivity contribution in [1.29, 1.82) is 0 Å². The molecule has 1 N–H and O–H groups in total. The minimum atomic E-state index is 0.122. The molecule has 7 heteroatoms. The summed E-state index contributed by atoms with van der Waals surface area (Å²) in [5.74, 6) is 3.20. The van der Waals surface area contributed by atoms with E-state index in [-0.39, 0.29) is 22.2 Å². The Morgan fingerprint density at radius 1 is 0.725 bits per heavy atom. The number of anilines is 2. The average molecular weight is 558 g/mol. The number of rotatable bonds is 12. The molecule has 0 unspecified atom stereocenters. The van der Waals surface area contributed by atoms with E-state index in [0.29, 0.717) is 6.04 Å². The minimum absolute atomic E-state index is 0.122. The lowest BCUT2D eigenvalue weighted by molar-refractivity contribution is -0.0321. The molecule has 0 amide bonds. The normalized spacial score (nSPS) is 23.3. The topological polar surface area (TPSA) is 60.4 Å². The zero-order valence-electron chi connectivity index (χ0n) is 28.3. The molecule has 0 radical (unpaired) electrons. The number of unbranched alkanes of at least 4 members (excludes halogenated alkanes) is 3. The second-order valence-corrected chi connectivity index (χ2v) is 15.6. The van der Waals surface area contributed by atoms with Crippen LogP contribution in [0.25, 0.3) is 0 Å². The smallest absolute Gasteiger partial charge is 0.230 e. The molecule has 2 fully saturated rings. The minimum Gasteiger partial charge on any atom is -0.351 e. The maximum atomic E-state index is 4.98. The third-order valence-corrected chi connectivity index (χ3v) is 10.4. The van der Waals surface area contributed by atoms with Crippen molar-refractivity contribution in [2.75, 3.05) is 37.4 Å². The SMILES string of the molecule is CCCCN(CCCCCC1CC(C)(C)N(C)C(C)(C)C1)c1nc(C)nc(NC2CC(C)(C)N(C)C(C)(C)C2)n1. The maximum Gasteiger partial charge on any atom is 0.230 e. The summed E-state index contributed by atoms with van der Waals surface area (Å²) in [6.45, 7) is 25.3. The third-order valence-electron chi connectivity index (χ3n) is 10.4. The van der Waals surface area contributed by atoms with Crippen LogP contribution < -0.4 is 10.2 Å². The first kappa shape index (κ1) is 33.0. The van der Waals surface area contributed by atoms with Gasteiger partial charge in [0.2, 0.25) is 11.9 Å². The first-order chi connectivity index (χ1) is 18.5. The van der Waals surface area contributed by atoms with Crippen LogP contribution in [0.2, 0.25) is 0 Å². The van der Waals surface area contributed by atoms with E-state index in [2.05, 4.69) is 96.4 Å². The maximum absolute atomic E-state index is 4.98. The molecule has 2 aliphatic rings. The fourth-order valence-corrected chi connectivity index (χ4v) is 7.69. The summed E-state index contributed by atoms with van der Waals surface area (Å²) in [4.78, 5) is 22.0. The summed E-state index contributed by atoms with van der Waals surface area (Å²) in [7, 11) is 4.56. The van der Waals surface area contributed by atoms with Gasteiger partial charge in [-0.05, 0) is 121 Å². The van der Waals surface area contributed by atoms with E-state index < -0.39 is 0 Å². The van der Waals surface area contributed by atoms with E-state index in [4.69, 9.17) is 15.0 Å². The van der Waals surface area contributed by atoms with Crippen molar-refractivity contribution in [3.63, 3.8) is 0 Å². The Morgan fingerprint density at radius 2 is 1.25 bits per heavy atom. The summed E-state index contributed by atoms with van der Waals surface area (Å²) in [6, 6.07) is 0.342. The monoisotopic (exact) mass is 558 g/mol. The first-order valence-corrected chi connectivity index (χ1v) is 16.2. The van der Waals surface area contributed by atoms with Crippen LogP contribution in [0.1, 0.15) is 132 Å². The predicted octanol–water partition coefficient (Wildman–Crippen LogP) is 7.31. The lowest BCUT2D eigenvalue weighted by Crippen LogP contribution is -2.61. The van der Waals surface area contributed by atoms with E-state index in [1.807, 2.05) is 6.92 Å². The third kappa shape index (κ3) is 8.30. The highest BCUT2D eigenvalue weighted by molar-refractivity contribution is 5.38. The Morgan fingerprint density at radius 3 is 1.80 bits per heavy atom. The van der Waals surface area contributed by atoms with Crippen molar-refractivity contribution in [3.05, 3.63) is 5.82 Å². The van der Waals surface area contributed by atoms with Crippen LogP contribution in [0, 0.1) is 12.8 Å². The number of aromatic nitrogens is 3. The molecular weight excluding hydrogens is 494 g/mol. The molecule has 3 rings (SSSR count). The van der Waals surface area contributed by atoms with Crippen molar-refractivity contribution in [2.24, 2.45) is 5.92 Å². The highest BCUT2D eigenvalue weighted by Crippen LogP contribution is 2.42. The quantitative estimate of drug-likeness (QED) is 0.270. The molecule has 2 saturated heterocycles. The van der Waals surface area contributed by atoms with Gasteiger partial charge in [0.25, 0.3) is 0 Å². The molecule has 0 atom stereocenters. The Bertz CT molecular complexity index is 918. The first-order valence-electron chi connectivity index (χ1n) is 16.2. The highest BCUT2D eigenvalue weighted by Gasteiger charge is 2.44. The Hall–Kier alpha value is -1.47. The van der Waals surface area contributed by atoms with Gasteiger partial charge in [-0.15, -0.1) is 0 Å². The molecular formula is C33H63N7. The number of aryl methyl sites for hydroxylation is 1. The van der Waals surface area contributed by atoms with E-state index in [1.165, 1.54) is 44.9 Å². The fraction of sp³-hybridized carbons (Fsp3) is 0.909. The van der Waals surface area contributed by atoms with Gasteiger partial charge >= 0.3 is 0 Å². The molecule has 7 nitrogen and oxygen atoms in total. The van der Waals surface area contributed by atoms with E-state index >= 15 is 0 Å². The molecule has 1 aromatic rings. The molecule has 1 aromatic heterocycles. The molecule has 0 spiro atoms. The van der Waals surface area contributed by atoms with Gasteiger partial charge in [0, 0.05) is 41.3 Å². The molecule has 230 valence electrons. The molecule has 0 aromatic carbocycles. The number of nitrogens with zero attached hydrogens (tertiary/aromatic N) is 6. The zero-order valence-corrected chi connectivity index (χ0v) is 28.3. The summed E-state index contributed by atoms with van der Waals surface area (Å²) in [5.41, 5.74) is 0.808. The molecule has 0 saturated carbocycles. The zero-order chi connectivity index (χ0) is 29.9. The molecule has 0 bridgehead atoms. The Labute approximate surface area is 247 Å². The molecule has 40 heavy (non-hydrogen) atoms. The van der Waals surface area contributed by atoms with Crippen molar-refractivity contribution in [2.45, 2.75) is 162 Å². The van der Waals surface area contributed by atoms with Crippen molar-refractivity contribution in [3.8, 4) is 0 Å². The second-order valence-electron chi connectivity index (χ2n) is 15.6. The lowest BCUT2D eigenvalue weighted by atomic mass is 9.72. The number of nitrogens with one attached hydrogen (secondary N) is 1. The van der Waals surface area contributed by atoms with Crippen molar-refractivity contribution < 1.29 is 0 Å². The molecule has 0 aliphatic carbocycles. The van der Waals surface area contributed by atoms with Crippen LogP contribution in [-0.2, 0) is 0 Å². The van der Waals surface area contributed by atoms with E-state index in [0.717, 1.165) is 56.0 Å². The van der Waals surface area contributed by atoms with Crippen LogP contribution >= 0.6 is 0 Å². The largest absolute Gasteiger partial charge is 0.351 e. The van der Waals surface area contributed by atoms with Crippen LogP contribution in [0.4, 0.5) is 11.9 Å². The van der Waals surface area contributed by atoms with Gasteiger partial charge in [-0.25, -0.2) is 0 Å². The number of hydrogen-bond donors (Lipinski definition) is 1. The number of piperidine rings is 2. The number of likely N-dealkylation sites (tertiary alicyclic amines) is 2. The molecule has 3 heterocycles. The van der Waals surface area contributed by atoms with Crippen LogP contribution in [0.3, 0.4) is 0 Å². The second kappa shape index (κ2) is 12.8. The van der Waals surface area contributed by atoms with E-state index in [1.54, 1.807) is 0 Å². The van der Waals surface area contributed by atoms with Gasteiger partial charge in [0.05, 0.1) is 0 Å². The summed E-state index contributed by atoms with van der Waals surface area (Å²) >= 11 is 0. The average Bonchev–Trinajstić information content (AvgIpc) is 2.81. The predicted molar refractivity (Wildman–Crippen MR) is 171 cm³/mol. The fourth-order valence-electron chi connectivity index (χ4n) is 7.69. The van der Waals surface area contributed by atoms with Crippen molar-refractivity contribution in [1.82, 2.24) is 24.8 Å². The van der Waals surface area contributed by atoms with Gasteiger partial charge < -0.3 is 10.2 Å². The van der Waals surface area contributed by atoms with Crippen LogP contribution in [0.15, 0.2) is 0 Å². The van der Waals surface area contributed by atoms with Gasteiger partial charge in [0.1, 0.15) is 5.82 Å². The van der Waals surface area contributed by atoms with Crippen LogP contribution in [-0.4, -0.2) is 80.1 Å². The Balaban J connectivity index is 1.59. The summed E-state index contributed by atoms with van der Waals surface area (Å²) in [5, 5.41) is 3.71. The summed E-state index contributed by atoms with van der Waals surface area (Å²) < 4.78 is 0. The number of hydrogen-bond acceptors (Lipinski definition) is 7. The van der Waals surface area contributed by atoms with Gasteiger partial charge in [-0.2, -0.15) is 15.0 Å². The van der Waals surface area contributed by atoms with Crippen LogP contribution in [0.5, 0.6) is 0 Å². The van der Waals surface area contributed by atoms with Gasteiger partial charge in [0.15, 0.2) is 0 Å². The highest BCUT2D eigenvalue weighted by atomic mass is 15.3.